The van der Waals surface area contributed by atoms with Gasteiger partial charge in [0.15, 0.2) is 0 Å². The van der Waals surface area contributed by atoms with Gasteiger partial charge in [-0.2, -0.15) is 0 Å². The second-order valence-electron chi connectivity index (χ2n) is 5.20. The van der Waals surface area contributed by atoms with Crippen molar-refractivity contribution in [1.29, 1.82) is 0 Å². The van der Waals surface area contributed by atoms with Crippen LogP contribution >= 0.6 is 0 Å². The monoisotopic (exact) mass is 238 g/mol. The molecule has 0 saturated heterocycles. The summed E-state index contributed by atoms with van der Waals surface area (Å²) < 4.78 is 0. The van der Waals surface area contributed by atoms with Gasteiger partial charge in [0.2, 0.25) is 0 Å². The molecular weight excluding hydrogens is 215 g/mol. The number of carboxylic acid groups (broad SMARTS) is 1. The molecule has 0 amide bonds. The van der Waals surface area contributed by atoms with E-state index < -0.39 is 11.6 Å². The van der Waals surface area contributed by atoms with Gasteiger partial charge in [-0.05, 0) is 43.9 Å². The third-order valence-corrected chi connectivity index (χ3v) is 3.71. The van der Waals surface area contributed by atoms with Crippen molar-refractivity contribution in [2.75, 3.05) is 0 Å². The van der Waals surface area contributed by atoms with Crippen molar-refractivity contribution in [2.45, 2.75) is 58.0 Å². The Kier molecular flexibility index (Phi) is 7.18. The summed E-state index contributed by atoms with van der Waals surface area (Å²) in [6.07, 6.45) is 4.10. The Hall–Kier alpha value is 0.430. The maximum atomic E-state index is 10.4. The van der Waals surface area contributed by atoms with Crippen LogP contribution in [-0.4, -0.2) is 51.3 Å². The number of carboxylic acids is 1. The molecule has 0 bridgehead atoms. The third kappa shape index (κ3) is 5.17. The summed E-state index contributed by atoms with van der Waals surface area (Å²) in [5.74, 6) is 0.568. The molecule has 0 aliphatic heterocycles. The Morgan fingerprint density at radius 3 is 2.25 bits per heavy atom. The topological polar surface area (TPSA) is 57.5 Å². The Bertz CT molecular complexity index is 220. The molecule has 90 valence electrons. The molecule has 0 aromatic heterocycles. The maximum absolute atomic E-state index is 10.4. The van der Waals surface area contributed by atoms with Crippen molar-refractivity contribution in [2.24, 2.45) is 11.8 Å². The van der Waals surface area contributed by atoms with E-state index in [0.29, 0.717) is 18.3 Å². The van der Waals surface area contributed by atoms with Gasteiger partial charge < -0.3 is 10.2 Å². The Morgan fingerprint density at radius 1 is 1.38 bits per heavy atom. The van der Waals surface area contributed by atoms with Gasteiger partial charge >= 0.3 is 35.5 Å². The summed E-state index contributed by atoms with van der Waals surface area (Å²) in [4.78, 5) is 10.4. The normalized spacial score (nSPS) is 29.9. The molecule has 0 spiro atoms. The second-order valence-corrected chi connectivity index (χ2v) is 5.20. The fourth-order valence-corrected chi connectivity index (χ4v) is 2.43. The molecule has 3 nitrogen and oxygen atoms in total. The third-order valence-electron chi connectivity index (χ3n) is 3.71. The van der Waals surface area contributed by atoms with Crippen molar-refractivity contribution < 1.29 is 15.0 Å². The summed E-state index contributed by atoms with van der Waals surface area (Å²) >= 11 is 0. The first kappa shape index (κ1) is 16.4. The van der Waals surface area contributed by atoms with Gasteiger partial charge in [0.25, 0.3) is 0 Å². The zero-order chi connectivity index (χ0) is 11.5. The van der Waals surface area contributed by atoms with Gasteiger partial charge in [-0.15, -0.1) is 0 Å². The van der Waals surface area contributed by atoms with Crippen LogP contribution in [0.5, 0.6) is 0 Å². The molecule has 1 rings (SSSR count). The number of rotatable bonds is 4. The summed E-state index contributed by atoms with van der Waals surface area (Å²) in [7, 11) is 0. The van der Waals surface area contributed by atoms with Crippen molar-refractivity contribution in [3.63, 3.8) is 0 Å². The summed E-state index contributed by atoms with van der Waals surface area (Å²) in [5.41, 5.74) is -0.705. The number of aliphatic hydroxyl groups is 1. The van der Waals surface area contributed by atoms with Crippen LogP contribution in [0.3, 0.4) is 0 Å². The molecule has 1 saturated carbocycles. The van der Waals surface area contributed by atoms with Crippen LogP contribution in [0.4, 0.5) is 0 Å². The molecule has 0 atom stereocenters. The molecule has 0 radical (unpaired) electrons. The van der Waals surface area contributed by atoms with Gasteiger partial charge in [-0.25, -0.2) is 0 Å². The average Bonchev–Trinajstić information content (AvgIpc) is 2.16. The van der Waals surface area contributed by atoms with Crippen LogP contribution in [0.15, 0.2) is 0 Å². The van der Waals surface area contributed by atoms with E-state index in [0.717, 1.165) is 25.7 Å². The van der Waals surface area contributed by atoms with E-state index in [1.807, 2.05) is 0 Å². The van der Waals surface area contributed by atoms with E-state index in [-0.39, 0.29) is 36.0 Å². The molecule has 16 heavy (non-hydrogen) atoms. The fourth-order valence-electron chi connectivity index (χ4n) is 2.43. The second kappa shape index (κ2) is 7.00. The summed E-state index contributed by atoms with van der Waals surface area (Å²) in [6, 6.07) is 0. The summed E-state index contributed by atoms with van der Waals surface area (Å²) in [6.45, 7) is 4.43. The van der Waals surface area contributed by atoms with E-state index in [1.165, 1.54) is 0 Å². The zero-order valence-corrected chi connectivity index (χ0v) is 9.70. The quantitative estimate of drug-likeness (QED) is 0.734. The predicted octanol–water partition coefficient (Wildman–Crippen LogP) is 1.78. The van der Waals surface area contributed by atoms with E-state index in [4.69, 9.17) is 5.11 Å². The Balaban J connectivity index is 0.00000225. The van der Waals surface area contributed by atoms with Crippen LogP contribution in [0.2, 0.25) is 0 Å². The van der Waals surface area contributed by atoms with Crippen LogP contribution in [0.25, 0.3) is 0 Å². The summed E-state index contributed by atoms with van der Waals surface area (Å²) in [5, 5.41) is 18.7. The van der Waals surface area contributed by atoms with E-state index >= 15 is 0 Å². The first-order valence-electron chi connectivity index (χ1n) is 5.87. The van der Waals surface area contributed by atoms with E-state index in [1.54, 1.807) is 0 Å². The standard InChI is InChI=1S/C12H22O3.Na.H/c1-9(2)10-3-6-12(15,7-4-10)8-5-11(13)14;;/h9-10,15H,3-8H2,1-2H3,(H,13,14);;. The molecule has 0 heterocycles. The van der Waals surface area contributed by atoms with Crippen LogP contribution in [0, 0.1) is 11.8 Å². The fraction of sp³-hybridized carbons (Fsp3) is 0.917. The molecule has 0 aromatic carbocycles. The van der Waals surface area contributed by atoms with Gasteiger partial charge in [-0.1, -0.05) is 13.8 Å². The number of hydrogen-bond acceptors (Lipinski definition) is 2. The van der Waals surface area contributed by atoms with Crippen LogP contribution < -0.4 is 0 Å². The Labute approximate surface area is 120 Å². The van der Waals surface area contributed by atoms with Crippen LogP contribution in [-0.2, 0) is 4.79 Å². The van der Waals surface area contributed by atoms with E-state index in [2.05, 4.69) is 13.8 Å². The zero-order valence-electron chi connectivity index (χ0n) is 9.70. The molecule has 1 fully saturated rings. The Morgan fingerprint density at radius 2 is 1.88 bits per heavy atom. The number of carbonyl (C=O) groups is 1. The molecule has 2 N–H and O–H groups in total. The minimum atomic E-state index is -0.811. The first-order chi connectivity index (χ1) is 6.93. The van der Waals surface area contributed by atoms with Gasteiger partial charge in [-0.3, -0.25) is 4.79 Å². The van der Waals surface area contributed by atoms with Crippen molar-refractivity contribution in [3.8, 4) is 0 Å². The SMILES string of the molecule is CC(C)C1CCC(O)(CCC(=O)O)CC1.[NaH]. The average molecular weight is 238 g/mol. The van der Waals surface area contributed by atoms with Crippen LogP contribution in [0.1, 0.15) is 52.4 Å². The van der Waals surface area contributed by atoms with Crippen molar-refractivity contribution in [3.05, 3.63) is 0 Å². The minimum absolute atomic E-state index is 0. The van der Waals surface area contributed by atoms with Gasteiger partial charge in [0.1, 0.15) is 0 Å². The van der Waals surface area contributed by atoms with E-state index in [9.17, 15) is 9.90 Å². The number of hydrogen-bond donors (Lipinski definition) is 2. The number of aliphatic carboxylic acids is 1. The molecular formula is C12H23NaO3. The van der Waals surface area contributed by atoms with Crippen molar-refractivity contribution >= 4 is 35.5 Å². The first-order valence-corrected chi connectivity index (χ1v) is 5.87. The van der Waals surface area contributed by atoms with Gasteiger partial charge in [0, 0.05) is 6.42 Å². The van der Waals surface area contributed by atoms with Gasteiger partial charge in [0.05, 0.1) is 5.60 Å². The molecule has 1 aliphatic carbocycles. The molecule has 0 unspecified atom stereocenters. The van der Waals surface area contributed by atoms with Crippen molar-refractivity contribution in [1.82, 2.24) is 0 Å². The molecule has 0 aromatic rings. The molecule has 1 aliphatic rings. The molecule has 4 heteroatoms. The predicted molar refractivity (Wildman–Crippen MR) is 65.8 cm³/mol.